The molecule has 1 aromatic carbocycles. The van der Waals surface area contributed by atoms with Crippen LogP contribution in [0.2, 0.25) is 0 Å². The average molecular weight is 365 g/mol. The molecule has 25 heavy (non-hydrogen) atoms. The van der Waals surface area contributed by atoms with Crippen molar-refractivity contribution in [3.05, 3.63) is 45.7 Å². The molecule has 0 aliphatic carbocycles. The molecule has 0 radical (unpaired) electrons. The van der Waals surface area contributed by atoms with Crippen LogP contribution in [0.3, 0.4) is 0 Å². The first kappa shape index (κ1) is 17.4. The molecule has 0 fully saturated rings. The van der Waals surface area contributed by atoms with Gasteiger partial charge in [0.15, 0.2) is 6.10 Å². The van der Waals surface area contributed by atoms with Gasteiger partial charge in [0.25, 0.3) is 0 Å². The van der Waals surface area contributed by atoms with Crippen LogP contribution >= 0.6 is 11.6 Å². The maximum atomic E-state index is 12.2. The molecule has 0 N–H and O–H groups in total. The Hall–Kier alpha value is -2.47. The van der Waals surface area contributed by atoms with Gasteiger partial charge in [-0.15, -0.1) is 0 Å². The van der Waals surface area contributed by atoms with Crippen LogP contribution in [0, 0.1) is 13.8 Å². The molecule has 2 heterocycles. The summed E-state index contributed by atoms with van der Waals surface area (Å²) >= 11 is 6.62. The lowest BCUT2D eigenvalue weighted by Crippen LogP contribution is -2.27. The quantitative estimate of drug-likeness (QED) is 0.768. The van der Waals surface area contributed by atoms with E-state index in [2.05, 4.69) is 0 Å². The second-order valence-electron chi connectivity index (χ2n) is 5.73. The van der Waals surface area contributed by atoms with Crippen molar-refractivity contribution in [1.29, 1.82) is 0 Å². The van der Waals surface area contributed by atoms with Crippen molar-refractivity contribution in [1.82, 2.24) is 0 Å². The molecule has 0 saturated heterocycles. The second-order valence-corrected chi connectivity index (χ2v) is 6.11. The van der Waals surface area contributed by atoms with E-state index < -0.39 is 18.0 Å². The number of benzene rings is 1. The Morgan fingerprint density at radius 1 is 1.28 bits per heavy atom. The molecule has 132 valence electrons. The summed E-state index contributed by atoms with van der Waals surface area (Å²) in [5, 5.41) is 0.402. The minimum atomic E-state index is -1.00. The molecule has 1 unspecified atom stereocenters. The van der Waals surface area contributed by atoms with E-state index in [0.717, 1.165) is 16.7 Å². The molecule has 7 heteroatoms. The number of fused-ring (bicyclic) bond motifs is 1. The van der Waals surface area contributed by atoms with Gasteiger partial charge in [0.2, 0.25) is 5.76 Å². The van der Waals surface area contributed by atoms with Crippen molar-refractivity contribution in [2.75, 3.05) is 20.8 Å². The van der Waals surface area contributed by atoms with Crippen molar-refractivity contribution >= 4 is 28.6 Å². The van der Waals surface area contributed by atoms with E-state index in [0.29, 0.717) is 16.4 Å². The molecule has 0 spiro atoms. The molecular weight excluding hydrogens is 348 g/mol. The lowest BCUT2D eigenvalue weighted by atomic mass is 9.94. The van der Waals surface area contributed by atoms with E-state index in [4.69, 9.17) is 30.5 Å². The molecule has 6 nitrogen and oxygen atoms in total. The first-order valence-electron chi connectivity index (χ1n) is 7.60. The summed E-state index contributed by atoms with van der Waals surface area (Å²) in [6, 6.07) is 3.79. The predicted molar refractivity (Wildman–Crippen MR) is 90.1 cm³/mol. The first-order chi connectivity index (χ1) is 11.9. The minimum Gasteiger partial charge on any atom is -0.489 e. The van der Waals surface area contributed by atoms with Gasteiger partial charge >= 0.3 is 11.9 Å². The van der Waals surface area contributed by atoms with Crippen LogP contribution in [-0.2, 0) is 23.8 Å². The van der Waals surface area contributed by atoms with Crippen LogP contribution < -0.4 is 4.74 Å². The van der Waals surface area contributed by atoms with E-state index in [1.807, 2.05) is 26.0 Å². The average Bonchev–Trinajstić information content (AvgIpc) is 2.93. The van der Waals surface area contributed by atoms with Crippen molar-refractivity contribution in [3.63, 3.8) is 0 Å². The predicted octanol–water partition coefficient (Wildman–Crippen LogP) is 2.64. The molecule has 0 aromatic heterocycles. The molecule has 2 aliphatic rings. The van der Waals surface area contributed by atoms with Gasteiger partial charge in [-0.05, 0) is 31.0 Å². The number of carbonyl (C=O) groups excluding carboxylic acids is 2. The number of hydrogen-bond acceptors (Lipinski definition) is 6. The maximum absolute atomic E-state index is 12.2. The van der Waals surface area contributed by atoms with Crippen LogP contribution in [0.25, 0.3) is 5.03 Å². The number of ether oxygens (including phenoxy) is 4. The molecule has 3 rings (SSSR count). The Kier molecular flexibility index (Phi) is 4.47. The number of esters is 2. The molecule has 1 aromatic rings. The Morgan fingerprint density at radius 3 is 2.64 bits per heavy atom. The number of methoxy groups -OCH3 is 2. The second kappa shape index (κ2) is 6.44. The highest BCUT2D eigenvalue weighted by atomic mass is 35.5. The van der Waals surface area contributed by atoms with Gasteiger partial charge in [0.05, 0.1) is 19.3 Å². The molecule has 2 aliphatic heterocycles. The summed E-state index contributed by atoms with van der Waals surface area (Å²) in [5.41, 5.74) is 3.20. The Labute approximate surface area is 150 Å². The van der Waals surface area contributed by atoms with E-state index in [-0.39, 0.29) is 17.9 Å². The summed E-state index contributed by atoms with van der Waals surface area (Å²) < 4.78 is 20.9. The minimum absolute atomic E-state index is 0.0134. The van der Waals surface area contributed by atoms with Crippen molar-refractivity contribution < 1.29 is 28.5 Å². The van der Waals surface area contributed by atoms with Crippen LogP contribution in [-0.4, -0.2) is 38.9 Å². The van der Waals surface area contributed by atoms with Crippen molar-refractivity contribution in [2.24, 2.45) is 0 Å². The smallest absolute Gasteiger partial charge is 0.375 e. The zero-order valence-electron chi connectivity index (χ0n) is 14.3. The highest BCUT2D eigenvalue weighted by molar-refractivity contribution is 6.50. The van der Waals surface area contributed by atoms with Crippen LogP contribution in [0.15, 0.2) is 29.0 Å². The largest absolute Gasteiger partial charge is 0.489 e. The third-order valence-corrected chi connectivity index (χ3v) is 4.86. The number of carbonyl (C=O) groups is 2. The van der Waals surface area contributed by atoms with Gasteiger partial charge in [-0.1, -0.05) is 17.7 Å². The molecule has 0 saturated carbocycles. The lowest BCUT2D eigenvalue weighted by molar-refractivity contribution is -0.141. The van der Waals surface area contributed by atoms with E-state index >= 15 is 0 Å². The molecule has 0 amide bonds. The fourth-order valence-corrected chi connectivity index (χ4v) is 3.34. The third-order valence-electron chi connectivity index (χ3n) is 4.43. The third kappa shape index (κ3) is 2.66. The monoisotopic (exact) mass is 364 g/mol. The SMILES string of the molecule is COC(=O)C1=C(OC)C(=O)OC1C1=C(Cl)c2c(ccc(C)c2C)OC1. The van der Waals surface area contributed by atoms with Crippen molar-refractivity contribution in [2.45, 2.75) is 20.0 Å². The Morgan fingerprint density at radius 2 is 2.00 bits per heavy atom. The summed E-state index contributed by atoms with van der Waals surface area (Å²) in [4.78, 5) is 24.2. The highest BCUT2D eigenvalue weighted by Crippen LogP contribution is 2.43. The lowest BCUT2D eigenvalue weighted by Gasteiger charge is -2.26. The number of cyclic esters (lactones) is 1. The van der Waals surface area contributed by atoms with Crippen LogP contribution in [0.4, 0.5) is 0 Å². The fourth-order valence-electron chi connectivity index (χ4n) is 2.95. The van der Waals surface area contributed by atoms with E-state index in [9.17, 15) is 9.59 Å². The normalized spacial score (nSPS) is 19.4. The zero-order chi connectivity index (χ0) is 18.3. The molecule has 0 bridgehead atoms. The standard InChI is InChI=1S/C18H17ClO6/c1-8-5-6-11-12(9(8)2)14(19)10(7-24-11)15-13(17(20)23-4)16(22-3)18(21)25-15/h5-6,15H,7H2,1-4H3. The van der Waals surface area contributed by atoms with Gasteiger partial charge in [-0.25, -0.2) is 9.59 Å². The first-order valence-corrected chi connectivity index (χ1v) is 7.97. The number of halogens is 1. The van der Waals surface area contributed by atoms with E-state index in [1.54, 1.807) is 0 Å². The van der Waals surface area contributed by atoms with Crippen molar-refractivity contribution in [3.8, 4) is 5.75 Å². The number of aryl methyl sites for hydroxylation is 1. The summed E-state index contributed by atoms with van der Waals surface area (Å²) in [6.07, 6.45) is -1.00. The highest BCUT2D eigenvalue weighted by Gasteiger charge is 2.44. The van der Waals surface area contributed by atoms with Gasteiger partial charge in [0, 0.05) is 11.1 Å². The van der Waals surface area contributed by atoms with Crippen LogP contribution in [0.1, 0.15) is 16.7 Å². The van der Waals surface area contributed by atoms with Gasteiger partial charge < -0.3 is 18.9 Å². The Balaban J connectivity index is 2.16. The topological polar surface area (TPSA) is 71.1 Å². The number of rotatable bonds is 3. The van der Waals surface area contributed by atoms with Gasteiger partial charge in [-0.3, -0.25) is 0 Å². The molecular formula is C18H17ClO6. The summed E-state index contributed by atoms with van der Waals surface area (Å²) in [5.74, 6) is -0.981. The zero-order valence-corrected chi connectivity index (χ0v) is 15.0. The van der Waals surface area contributed by atoms with E-state index in [1.165, 1.54) is 14.2 Å². The van der Waals surface area contributed by atoms with Crippen LogP contribution in [0.5, 0.6) is 5.75 Å². The summed E-state index contributed by atoms with van der Waals surface area (Å²) in [6.45, 7) is 3.98. The van der Waals surface area contributed by atoms with Gasteiger partial charge in [0.1, 0.15) is 17.9 Å². The Bertz CT molecular complexity index is 836. The molecule has 1 atom stereocenters. The summed E-state index contributed by atoms with van der Waals surface area (Å²) in [7, 11) is 2.51. The maximum Gasteiger partial charge on any atom is 0.375 e. The fraction of sp³-hybridized carbons (Fsp3) is 0.333. The van der Waals surface area contributed by atoms with Gasteiger partial charge in [-0.2, -0.15) is 0 Å². The number of hydrogen-bond donors (Lipinski definition) is 0.